The summed E-state index contributed by atoms with van der Waals surface area (Å²) in [6.07, 6.45) is 12.5. The van der Waals surface area contributed by atoms with Crippen LogP contribution in [0, 0.1) is 19.8 Å². The van der Waals surface area contributed by atoms with Crippen LogP contribution in [0.1, 0.15) is 151 Å². The summed E-state index contributed by atoms with van der Waals surface area (Å²) in [6, 6.07) is 11.5. The summed E-state index contributed by atoms with van der Waals surface area (Å²) in [5.41, 5.74) is 3.22. The second-order valence-electron chi connectivity index (χ2n) is 18.4. The number of benzene rings is 2. The molecule has 2 amide bonds. The summed E-state index contributed by atoms with van der Waals surface area (Å²) in [5, 5.41) is 0. The third-order valence-electron chi connectivity index (χ3n) is 12.9. The van der Waals surface area contributed by atoms with Crippen molar-refractivity contribution >= 4 is 11.8 Å². The molecule has 2 spiro atoms. The van der Waals surface area contributed by atoms with Crippen molar-refractivity contribution in [2.45, 2.75) is 181 Å². The minimum absolute atomic E-state index is 0.100. The molecule has 1 saturated carbocycles. The van der Waals surface area contributed by atoms with E-state index >= 15 is 0 Å². The highest BCUT2D eigenvalue weighted by Gasteiger charge is 2.48. The molecule has 1 aliphatic carbocycles. The van der Waals surface area contributed by atoms with Crippen LogP contribution in [-0.4, -0.2) is 109 Å². The van der Waals surface area contributed by atoms with Crippen molar-refractivity contribution in [2.24, 2.45) is 5.92 Å². The number of aryl methyl sites for hydroxylation is 2. The highest BCUT2D eigenvalue weighted by Crippen LogP contribution is 2.46. The van der Waals surface area contributed by atoms with Crippen molar-refractivity contribution in [3.8, 4) is 11.5 Å². The second-order valence-corrected chi connectivity index (χ2v) is 18.4. The largest absolute Gasteiger partial charge is 0.491 e. The molecular weight excluding hydrogens is 745 g/mol. The molecule has 4 atom stereocenters. The molecule has 2 aromatic carbocycles. The van der Waals surface area contributed by atoms with E-state index in [-0.39, 0.29) is 47.4 Å². The van der Waals surface area contributed by atoms with E-state index in [0.717, 1.165) is 137 Å². The Morgan fingerprint density at radius 3 is 1.51 bits per heavy atom. The van der Waals surface area contributed by atoms with Gasteiger partial charge in [-0.15, -0.1) is 0 Å². The maximum atomic E-state index is 13.1. The molecule has 10 nitrogen and oxygen atoms in total. The minimum atomic E-state index is -0.138. The van der Waals surface area contributed by atoms with Crippen LogP contribution in [0.5, 0.6) is 11.5 Å². The molecule has 0 aromatic heterocycles. The predicted octanol–water partition coefficient (Wildman–Crippen LogP) is 9.50. The number of ether oxygens (including phenoxy) is 6. The Labute approximate surface area is 354 Å². The average Bonchev–Trinajstić information content (AvgIpc) is 4.06. The molecule has 7 rings (SSSR count). The van der Waals surface area contributed by atoms with Crippen LogP contribution < -0.4 is 9.47 Å². The Morgan fingerprint density at radius 2 is 1.12 bits per heavy atom. The van der Waals surface area contributed by atoms with Gasteiger partial charge < -0.3 is 38.2 Å². The molecule has 5 fully saturated rings. The van der Waals surface area contributed by atoms with Crippen LogP contribution in [-0.2, 0) is 18.9 Å². The Balaban J connectivity index is 0.000000199. The first-order valence-corrected chi connectivity index (χ1v) is 23.0. The van der Waals surface area contributed by atoms with Gasteiger partial charge in [-0.2, -0.15) is 0 Å². The highest BCUT2D eigenvalue weighted by molar-refractivity contribution is 5.95. The van der Waals surface area contributed by atoms with E-state index in [1.807, 2.05) is 87.7 Å². The average molecular weight is 819 g/mol. The first-order chi connectivity index (χ1) is 28.2. The lowest BCUT2D eigenvalue weighted by atomic mass is 9.81. The molecule has 2 aromatic rings. The maximum Gasteiger partial charge on any atom is 0.253 e. The molecule has 10 heteroatoms. The number of amides is 2. The van der Waals surface area contributed by atoms with Gasteiger partial charge in [-0.1, -0.05) is 6.92 Å². The highest BCUT2D eigenvalue weighted by atomic mass is 16.5. The molecule has 4 unspecified atom stereocenters. The normalized spacial score (nSPS) is 25.2. The predicted molar refractivity (Wildman–Crippen MR) is 232 cm³/mol. The molecule has 328 valence electrons. The lowest BCUT2D eigenvalue weighted by Gasteiger charge is -2.49. The van der Waals surface area contributed by atoms with E-state index in [9.17, 15) is 9.59 Å². The zero-order valence-corrected chi connectivity index (χ0v) is 37.7. The minimum Gasteiger partial charge on any atom is -0.491 e. The number of nitrogens with zero attached hydrogens (tertiary/aromatic N) is 2. The van der Waals surface area contributed by atoms with E-state index < -0.39 is 0 Å². The number of carbonyl (C=O) groups excluding carboxylic acids is 2. The van der Waals surface area contributed by atoms with Crippen LogP contribution >= 0.6 is 0 Å². The van der Waals surface area contributed by atoms with Crippen molar-refractivity contribution in [2.75, 3.05) is 39.4 Å². The van der Waals surface area contributed by atoms with Crippen molar-refractivity contribution in [3.63, 3.8) is 0 Å². The van der Waals surface area contributed by atoms with Gasteiger partial charge in [0.15, 0.2) is 0 Å². The SMILES string of the molecule is CCOC1CC(C2CC2)OC2(CCN(C(=O)c3ccc(OC(C)C)c(C)c3)CC2)C1.CCOC1CC(CC)OC2(CCN(C(=O)c3ccc(OC(C)C)c(C)c3)CC2)C1. The molecule has 5 aliphatic rings. The van der Waals surface area contributed by atoms with E-state index in [4.69, 9.17) is 28.4 Å². The van der Waals surface area contributed by atoms with Gasteiger partial charge in [-0.3, -0.25) is 9.59 Å². The molecule has 0 bridgehead atoms. The van der Waals surface area contributed by atoms with Crippen LogP contribution in [0.2, 0.25) is 0 Å². The lowest BCUT2D eigenvalue weighted by molar-refractivity contribution is -0.193. The number of likely N-dealkylation sites (tertiary alicyclic amines) is 2. The van der Waals surface area contributed by atoms with Gasteiger partial charge in [0, 0.05) is 69.8 Å². The monoisotopic (exact) mass is 819 g/mol. The summed E-state index contributed by atoms with van der Waals surface area (Å²) in [7, 11) is 0. The summed E-state index contributed by atoms with van der Waals surface area (Å²) in [5.74, 6) is 2.63. The Hall–Kier alpha value is -3.18. The molecule has 4 aliphatic heterocycles. The third-order valence-corrected chi connectivity index (χ3v) is 12.9. The number of hydrogen-bond donors (Lipinski definition) is 0. The second kappa shape index (κ2) is 20.1. The summed E-state index contributed by atoms with van der Waals surface area (Å²) >= 11 is 0. The fraction of sp³-hybridized carbons (Fsp3) is 0.714. The number of carbonyl (C=O) groups is 2. The van der Waals surface area contributed by atoms with Gasteiger partial charge >= 0.3 is 0 Å². The van der Waals surface area contributed by atoms with Crippen molar-refractivity contribution in [1.82, 2.24) is 9.80 Å². The van der Waals surface area contributed by atoms with E-state index in [0.29, 0.717) is 12.2 Å². The molecule has 59 heavy (non-hydrogen) atoms. The number of rotatable bonds is 12. The Bertz CT molecular complexity index is 1690. The number of piperidine rings is 2. The van der Waals surface area contributed by atoms with Crippen LogP contribution in [0.4, 0.5) is 0 Å². The molecule has 0 radical (unpaired) electrons. The summed E-state index contributed by atoms with van der Waals surface area (Å²) in [6.45, 7) is 22.8. The molecule has 4 saturated heterocycles. The fourth-order valence-electron chi connectivity index (χ4n) is 9.73. The standard InChI is InChI=1S/C25H37NO4.C24H37NO4/c1-5-28-21-15-23(19-6-7-19)30-25(16-21)10-12-26(13-11-25)24(27)20-8-9-22(18(4)14-20)29-17(2)3;1-6-20-15-21(27-7-2)16-24(29-20)10-12-25(13-11-24)23(26)19-8-9-22(18(5)14-19)28-17(3)4/h8-9,14,17,19,21,23H,5-7,10-13,15-16H2,1-4H3;8-9,14,17,20-21H,6-7,10-13,15-16H2,1-5H3. The van der Waals surface area contributed by atoms with Gasteiger partial charge in [0.1, 0.15) is 11.5 Å². The van der Waals surface area contributed by atoms with Crippen LogP contribution in [0.15, 0.2) is 36.4 Å². The molecule has 4 heterocycles. The number of hydrogen-bond acceptors (Lipinski definition) is 8. The Morgan fingerprint density at radius 1 is 0.678 bits per heavy atom. The quantitative estimate of drug-likeness (QED) is 0.209. The van der Waals surface area contributed by atoms with E-state index in [2.05, 4.69) is 20.8 Å². The topological polar surface area (TPSA) is 96.0 Å². The maximum absolute atomic E-state index is 13.1. The van der Waals surface area contributed by atoms with Crippen LogP contribution in [0.3, 0.4) is 0 Å². The first kappa shape index (κ1) is 45.3. The van der Waals surface area contributed by atoms with Gasteiger partial charge in [-0.05, 0) is 160 Å². The molecule has 0 N–H and O–H groups in total. The van der Waals surface area contributed by atoms with Gasteiger partial charge in [0.2, 0.25) is 0 Å². The lowest BCUT2D eigenvalue weighted by Crippen LogP contribution is -2.54. The molecular formula is C49H74N2O8. The zero-order chi connectivity index (χ0) is 42.3. The first-order valence-electron chi connectivity index (χ1n) is 23.0. The van der Waals surface area contributed by atoms with Crippen molar-refractivity contribution < 1.29 is 38.0 Å². The summed E-state index contributed by atoms with van der Waals surface area (Å²) in [4.78, 5) is 30.1. The third kappa shape index (κ3) is 11.8. The fourth-order valence-corrected chi connectivity index (χ4v) is 9.73. The van der Waals surface area contributed by atoms with Gasteiger partial charge in [0.05, 0.1) is 47.8 Å². The van der Waals surface area contributed by atoms with E-state index in [1.165, 1.54) is 12.8 Å². The van der Waals surface area contributed by atoms with Crippen molar-refractivity contribution in [1.29, 1.82) is 0 Å². The Kier molecular flexibility index (Phi) is 15.5. The summed E-state index contributed by atoms with van der Waals surface area (Å²) < 4.78 is 36.8. The smallest absolute Gasteiger partial charge is 0.253 e. The van der Waals surface area contributed by atoms with Gasteiger partial charge in [-0.25, -0.2) is 0 Å². The van der Waals surface area contributed by atoms with Gasteiger partial charge in [0.25, 0.3) is 11.8 Å². The zero-order valence-electron chi connectivity index (χ0n) is 37.7. The van der Waals surface area contributed by atoms with Crippen LogP contribution in [0.25, 0.3) is 0 Å². The van der Waals surface area contributed by atoms with E-state index in [1.54, 1.807) is 0 Å². The van der Waals surface area contributed by atoms with Crippen molar-refractivity contribution in [3.05, 3.63) is 58.7 Å².